The number of rotatable bonds is 6. The highest BCUT2D eigenvalue weighted by atomic mass is 16.4. The molecule has 0 bridgehead atoms. The fourth-order valence-electron chi connectivity index (χ4n) is 2.19. The van der Waals surface area contributed by atoms with E-state index in [1.807, 2.05) is 25.1 Å². The number of benzene rings is 2. The van der Waals surface area contributed by atoms with Gasteiger partial charge in [-0.1, -0.05) is 68.9 Å². The maximum Gasteiger partial charge on any atom is 0.361 e. The van der Waals surface area contributed by atoms with Crippen LogP contribution in [0.5, 0.6) is 0 Å². The Hall–Kier alpha value is -1.58. The molecule has 2 N–H and O–H groups in total. The zero-order valence-corrected chi connectivity index (χ0v) is 12.3. The lowest BCUT2D eigenvalue weighted by Gasteiger charge is -2.20. The Kier molecular flexibility index (Phi) is 7.20. The van der Waals surface area contributed by atoms with E-state index in [1.54, 1.807) is 0 Å². The summed E-state index contributed by atoms with van der Waals surface area (Å²) in [6.45, 7) is 4.64. The lowest BCUT2D eigenvalue weighted by molar-refractivity contribution is 0.240. The second-order valence-electron chi connectivity index (χ2n) is 5.07. The van der Waals surface area contributed by atoms with Crippen molar-refractivity contribution in [1.29, 1.82) is 0 Å². The Morgan fingerprint density at radius 1 is 1.00 bits per heavy atom. The van der Waals surface area contributed by atoms with Gasteiger partial charge in [0.2, 0.25) is 0 Å². The molecule has 0 saturated carbocycles. The molecule has 2 nitrogen and oxygen atoms in total. The molecule has 0 aromatic heterocycles. The van der Waals surface area contributed by atoms with Crippen molar-refractivity contribution in [3.63, 3.8) is 0 Å². The summed E-state index contributed by atoms with van der Waals surface area (Å²) in [4.78, 5) is 0. The normalized spacial score (nSPS) is 11.6. The van der Waals surface area contributed by atoms with Crippen LogP contribution in [-0.4, -0.2) is 19.6 Å². The summed E-state index contributed by atoms with van der Waals surface area (Å²) in [5, 5.41) is 0. The van der Waals surface area contributed by atoms with E-state index in [1.165, 1.54) is 11.0 Å². The lowest BCUT2D eigenvalue weighted by Crippen LogP contribution is -2.48. The summed E-state index contributed by atoms with van der Waals surface area (Å²) in [5.74, 6) is 0. The molecule has 21 heavy (non-hydrogen) atoms. The number of nitrogens with two attached hydrogens (primary N) is 1. The third-order valence-corrected chi connectivity index (χ3v) is 3.49. The van der Waals surface area contributed by atoms with Gasteiger partial charge in [-0.15, -0.1) is 0 Å². The van der Waals surface area contributed by atoms with Crippen molar-refractivity contribution in [3.05, 3.63) is 60.2 Å². The molecule has 2 rings (SSSR count). The molecule has 0 heterocycles. The Labute approximate surface area is 129 Å². The van der Waals surface area contributed by atoms with Gasteiger partial charge in [-0.25, -0.2) is 0 Å². The second kappa shape index (κ2) is 8.65. The van der Waals surface area contributed by atoms with E-state index < -0.39 is 0 Å². The molecular formula is C18H26BNO. The van der Waals surface area contributed by atoms with Crippen LogP contribution in [0.2, 0.25) is 0 Å². The highest BCUT2D eigenvalue weighted by molar-refractivity contribution is 6.80. The summed E-state index contributed by atoms with van der Waals surface area (Å²) in [6, 6.07) is 18.9. The summed E-state index contributed by atoms with van der Waals surface area (Å²) in [6.07, 6.45) is 1.09. The smallest absolute Gasteiger partial charge is 0.361 e. The average Bonchev–Trinajstić information content (AvgIpc) is 2.53. The number of hydrogen-bond donors (Lipinski definition) is 1. The highest BCUT2D eigenvalue weighted by Crippen LogP contribution is 2.02. The summed E-state index contributed by atoms with van der Waals surface area (Å²) >= 11 is 0. The maximum atomic E-state index is 6.12. The zero-order valence-electron chi connectivity index (χ0n) is 12.3. The first-order valence-electron chi connectivity index (χ1n) is 7.24. The fraction of sp³-hybridized carbons (Fsp3) is 0.333. The summed E-state index contributed by atoms with van der Waals surface area (Å²) in [7, 11) is 0. The van der Waals surface area contributed by atoms with Crippen LogP contribution >= 0.6 is 0 Å². The van der Waals surface area contributed by atoms with Crippen LogP contribution in [0.1, 0.15) is 26.8 Å². The molecule has 0 fully saturated rings. The Morgan fingerprint density at radius 3 is 2.10 bits per heavy atom. The molecule has 1 unspecified atom stereocenters. The first kappa shape index (κ1) is 17.5. The van der Waals surface area contributed by atoms with Crippen LogP contribution in [-0.2, 0) is 11.1 Å². The third-order valence-electron chi connectivity index (χ3n) is 3.49. The molecular weight excluding hydrogens is 257 g/mol. The first-order valence-corrected chi connectivity index (χ1v) is 7.24. The van der Waals surface area contributed by atoms with Crippen molar-refractivity contribution in [2.75, 3.05) is 6.54 Å². The van der Waals surface area contributed by atoms with E-state index in [2.05, 4.69) is 43.3 Å². The van der Waals surface area contributed by atoms with E-state index in [4.69, 9.17) is 10.4 Å². The SMILES string of the molecule is C.CCc1ccc(B(OC(C)CN)c2ccccc2)cc1. The van der Waals surface area contributed by atoms with Gasteiger partial charge in [-0.05, 0) is 29.8 Å². The van der Waals surface area contributed by atoms with Crippen LogP contribution in [0.25, 0.3) is 0 Å². The third kappa shape index (κ3) is 4.73. The molecule has 0 aliphatic heterocycles. The Bertz CT molecular complexity index is 513. The van der Waals surface area contributed by atoms with E-state index in [-0.39, 0.29) is 20.4 Å². The predicted molar refractivity (Wildman–Crippen MR) is 93.6 cm³/mol. The largest absolute Gasteiger partial charge is 0.423 e. The minimum atomic E-state index is -0.0549. The monoisotopic (exact) mass is 283 g/mol. The summed E-state index contributed by atoms with van der Waals surface area (Å²) in [5.41, 5.74) is 9.38. The molecule has 1 atom stereocenters. The lowest BCUT2D eigenvalue weighted by atomic mass is 9.55. The quantitative estimate of drug-likeness (QED) is 0.826. The van der Waals surface area contributed by atoms with Gasteiger partial charge in [-0.3, -0.25) is 0 Å². The van der Waals surface area contributed by atoms with Crippen molar-refractivity contribution in [1.82, 2.24) is 0 Å². The Balaban J connectivity index is 0.00000220. The standard InChI is InChI=1S/C17H22BNO.CH4/c1-3-15-9-11-17(12-10-15)18(20-14(2)13-19)16-7-5-4-6-8-16;/h4-12,14H,3,13,19H2,1-2H3;1H4. The topological polar surface area (TPSA) is 35.2 Å². The molecule has 0 spiro atoms. The van der Waals surface area contributed by atoms with Crippen molar-refractivity contribution in [2.24, 2.45) is 5.73 Å². The molecule has 0 aliphatic rings. The van der Waals surface area contributed by atoms with Crippen molar-refractivity contribution < 1.29 is 4.65 Å². The molecule has 112 valence electrons. The number of hydrogen-bond acceptors (Lipinski definition) is 2. The van der Waals surface area contributed by atoms with Crippen molar-refractivity contribution >= 4 is 17.8 Å². The molecule has 2 aromatic rings. The van der Waals surface area contributed by atoms with E-state index in [9.17, 15) is 0 Å². The fourth-order valence-corrected chi connectivity index (χ4v) is 2.19. The van der Waals surface area contributed by atoms with Gasteiger partial charge in [0, 0.05) is 6.54 Å². The maximum absolute atomic E-state index is 6.12. The second-order valence-corrected chi connectivity index (χ2v) is 5.07. The minimum absolute atomic E-state index is 0. The molecule has 3 heteroatoms. The van der Waals surface area contributed by atoms with E-state index >= 15 is 0 Å². The zero-order chi connectivity index (χ0) is 14.4. The van der Waals surface area contributed by atoms with Crippen LogP contribution in [0.15, 0.2) is 54.6 Å². The molecule has 0 aliphatic carbocycles. The van der Waals surface area contributed by atoms with Crippen molar-refractivity contribution in [3.8, 4) is 0 Å². The summed E-state index contributed by atoms with van der Waals surface area (Å²) < 4.78 is 6.12. The van der Waals surface area contributed by atoms with Crippen LogP contribution < -0.4 is 16.7 Å². The van der Waals surface area contributed by atoms with E-state index in [0.717, 1.165) is 11.9 Å². The van der Waals surface area contributed by atoms with Crippen LogP contribution in [0.3, 0.4) is 0 Å². The van der Waals surface area contributed by atoms with Crippen LogP contribution in [0.4, 0.5) is 0 Å². The van der Waals surface area contributed by atoms with E-state index in [0.29, 0.717) is 6.54 Å². The van der Waals surface area contributed by atoms with Gasteiger partial charge in [0.05, 0.1) is 6.10 Å². The van der Waals surface area contributed by atoms with Gasteiger partial charge in [0.1, 0.15) is 0 Å². The molecule has 0 radical (unpaired) electrons. The molecule has 0 amide bonds. The van der Waals surface area contributed by atoms with Crippen molar-refractivity contribution in [2.45, 2.75) is 33.8 Å². The highest BCUT2D eigenvalue weighted by Gasteiger charge is 2.23. The van der Waals surface area contributed by atoms with Gasteiger partial charge >= 0.3 is 6.92 Å². The Morgan fingerprint density at radius 2 is 1.57 bits per heavy atom. The average molecular weight is 283 g/mol. The molecule has 0 saturated heterocycles. The molecule has 2 aromatic carbocycles. The number of aryl methyl sites for hydroxylation is 1. The van der Waals surface area contributed by atoms with Gasteiger partial charge in [-0.2, -0.15) is 0 Å². The van der Waals surface area contributed by atoms with Crippen LogP contribution in [0, 0.1) is 0 Å². The van der Waals surface area contributed by atoms with Gasteiger partial charge < -0.3 is 10.4 Å². The minimum Gasteiger partial charge on any atom is -0.423 e. The predicted octanol–water partition coefficient (Wildman–Crippen LogP) is 2.35. The van der Waals surface area contributed by atoms with Gasteiger partial charge in [0.15, 0.2) is 0 Å². The van der Waals surface area contributed by atoms with Gasteiger partial charge in [0.25, 0.3) is 0 Å². The first-order chi connectivity index (χ1) is 9.74.